The Morgan fingerprint density at radius 2 is 1.76 bits per heavy atom. The summed E-state index contributed by atoms with van der Waals surface area (Å²) < 4.78 is 16.8. The topological polar surface area (TPSA) is 86.0 Å². The zero-order valence-electron chi connectivity index (χ0n) is 17.1. The molecule has 3 N–H and O–H groups in total. The van der Waals surface area contributed by atoms with Gasteiger partial charge in [0.05, 0.1) is 19.8 Å². The highest BCUT2D eigenvalue weighted by Crippen LogP contribution is 2.36. The average Bonchev–Trinajstić information content (AvgIpc) is 3.27. The van der Waals surface area contributed by atoms with Gasteiger partial charge in [-0.25, -0.2) is 0 Å². The maximum absolute atomic E-state index is 12.6. The van der Waals surface area contributed by atoms with Gasteiger partial charge in [0, 0.05) is 25.2 Å². The molecule has 2 aromatic rings. The third-order valence-electron chi connectivity index (χ3n) is 5.07. The van der Waals surface area contributed by atoms with Gasteiger partial charge in [0.15, 0.2) is 11.5 Å². The van der Waals surface area contributed by atoms with Gasteiger partial charge in [0.25, 0.3) is 5.91 Å². The van der Waals surface area contributed by atoms with E-state index in [4.69, 9.17) is 19.9 Å². The van der Waals surface area contributed by atoms with Gasteiger partial charge >= 0.3 is 0 Å². The number of hydrogen-bond acceptors (Lipinski definition) is 6. The first-order valence-corrected chi connectivity index (χ1v) is 9.88. The maximum atomic E-state index is 12.6. The molecule has 0 aromatic heterocycles. The number of rotatable bonds is 9. The lowest BCUT2D eigenvalue weighted by atomic mass is 10.1. The van der Waals surface area contributed by atoms with Gasteiger partial charge in [-0.05, 0) is 56.3 Å². The molecule has 0 saturated carbocycles. The summed E-state index contributed by atoms with van der Waals surface area (Å²) in [6, 6.07) is 10.6. The van der Waals surface area contributed by atoms with Crippen LogP contribution >= 0.6 is 0 Å². The number of benzene rings is 2. The molecule has 0 spiro atoms. The van der Waals surface area contributed by atoms with Crippen LogP contribution in [0.2, 0.25) is 0 Å². The molecule has 156 valence electrons. The molecule has 0 radical (unpaired) electrons. The summed E-state index contributed by atoms with van der Waals surface area (Å²) in [5.74, 6) is 2.06. The van der Waals surface area contributed by atoms with Crippen LogP contribution < -0.4 is 25.3 Å². The minimum absolute atomic E-state index is 0.138. The number of nitrogens with zero attached hydrogens (tertiary/aromatic N) is 1. The molecule has 1 aliphatic rings. The van der Waals surface area contributed by atoms with E-state index in [1.54, 1.807) is 32.4 Å². The van der Waals surface area contributed by atoms with Gasteiger partial charge in [-0.2, -0.15) is 0 Å². The van der Waals surface area contributed by atoms with Crippen LogP contribution in [-0.4, -0.2) is 51.2 Å². The van der Waals surface area contributed by atoms with Crippen molar-refractivity contribution in [2.75, 3.05) is 40.4 Å². The molecule has 7 heteroatoms. The number of nitrogens with two attached hydrogens (primary N) is 1. The lowest BCUT2D eigenvalue weighted by Gasteiger charge is -2.17. The van der Waals surface area contributed by atoms with Crippen molar-refractivity contribution >= 4 is 5.91 Å². The lowest BCUT2D eigenvalue weighted by molar-refractivity contribution is 0.0949. The van der Waals surface area contributed by atoms with Crippen molar-refractivity contribution < 1.29 is 19.0 Å². The number of nitrogens with one attached hydrogen (secondary N) is 1. The zero-order valence-corrected chi connectivity index (χ0v) is 17.1. The van der Waals surface area contributed by atoms with Gasteiger partial charge in [-0.3, -0.25) is 4.79 Å². The van der Waals surface area contributed by atoms with E-state index in [-0.39, 0.29) is 12.5 Å². The Balaban J connectivity index is 1.74. The fourth-order valence-corrected chi connectivity index (χ4v) is 3.49. The normalized spacial score (nSPS) is 13.9. The van der Waals surface area contributed by atoms with Crippen LogP contribution in [0, 0.1) is 0 Å². The van der Waals surface area contributed by atoms with Crippen LogP contribution in [0.3, 0.4) is 0 Å². The molecule has 7 nitrogen and oxygen atoms in total. The highest BCUT2D eigenvalue weighted by atomic mass is 16.5. The van der Waals surface area contributed by atoms with Crippen molar-refractivity contribution in [1.29, 1.82) is 0 Å². The van der Waals surface area contributed by atoms with Gasteiger partial charge in [-0.15, -0.1) is 0 Å². The van der Waals surface area contributed by atoms with Gasteiger partial charge in [-0.1, -0.05) is 6.07 Å². The van der Waals surface area contributed by atoms with Crippen molar-refractivity contribution in [3.63, 3.8) is 0 Å². The summed E-state index contributed by atoms with van der Waals surface area (Å²) in [4.78, 5) is 14.9. The molecule has 0 bridgehead atoms. The molecule has 3 rings (SSSR count). The molecule has 1 saturated heterocycles. The molecule has 1 aliphatic heterocycles. The van der Waals surface area contributed by atoms with Crippen molar-refractivity contribution in [3.05, 3.63) is 47.5 Å². The van der Waals surface area contributed by atoms with E-state index < -0.39 is 0 Å². The minimum atomic E-state index is -0.138. The molecule has 29 heavy (non-hydrogen) atoms. The smallest absolute Gasteiger partial charge is 0.251 e. The third-order valence-corrected chi connectivity index (χ3v) is 5.07. The Morgan fingerprint density at radius 1 is 1.03 bits per heavy atom. The minimum Gasteiger partial charge on any atom is -0.496 e. The summed E-state index contributed by atoms with van der Waals surface area (Å²) >= 11 is 0. The summed E-state index contributed by atoms with van der Waals surface area (Å²) in [6.07, 6.45) is 2.48. The van der Waals surface area contributed by atoms with Gasteiger partial charge in [0.1, 0.15) is 11.5 Å². The lowest BCUT2D eigenvalue weighted by Crippen LogP contribution is -2.33. The molecule has 1 heterocycles. The van der Waals surface area contributed by atoms with Crippen LogP contribution in [-0.2, 0) is 6.54 Å². The first-order chi connectivity index (χ1) is 14.2. The van der Waals surface area contributed by atoms with Crippen LogP contribution in [0.15, 0.2) is 36.4 Å². The second kappa shape index (κ2) is 10.1. The summed E-state index contributed by atoms with van der Waals surface area (Å²) in [5.41, 5.74) is 7.14. The monoisotopic (exact) mass is 399 g/mol. The van der Waals surface area contributed by atoms with E-state index in [0.29, 0.717) is 35.1 Å². The number of amides is 1. The van der Waals surface area contributed by atoms with E-state index in [9.17, 15) is 4.79 Å². The first-order valence-electron chi connectivity index (χ1n) is 9.88. The SMILES string of the molecule is COc1ccc(C(=O)NCCN2CCCC2)cc1Oc1cccc(OC)c1CN. The highest BCUT2D eigenvalue weighted by molar-refractivity contribution is 5.94. The van der Waals surface area contributed by atoms with Crippen molar-refractivity contribution in [2.24, 2.45) is 5.73 Å². The van der Waals surface area contributed by atoms with Crippen LogP contribution in [0.4, 0.5) is 0 Å². The molecule has 0 atom stereocenters. The van der Waals surface area contributed by atoms with Crippen LogP contribution in [0.1, 0.15) is 28.8 Å². The molecular weight excluding hydrogens is 370 g/mol. The number of likely N-dealkylation sites (tertiary alicyclic amines) is 1. The molecule has 2 aromatic carbocycles. The van der Waals surface area contributed by atoms with Crippen LogP contribution in [0.5, 0.6) is 23.0 Å². The fraction of sp³-hybridized carbons (Fsp3) is 0.409. The molecule has 0 unspecified atom stereocenters. The Morgan fingerprint density at radius 3 is 2.45 bits per heavy atom. The van der Waals surface area contributed by atoms with Gasteiger partial charge in [0.2, 0.25) is 0 Å². The number of hydrogen-bond donors (Lipinski definition) is 2. The van der Waals surface area contributed by atoms with E-state index in [1.165, 1.54) is 12.8 Å². The standard InChI is InChI=1S/C22H29N3O4/c1-27-18-6-5-7-19(17(18)15-23)29-21-14-16(8-9-20(21)28-2)22(26)24-10-13-25-11-3-4-12-25/h5-9,14H,3-4,10-13,15,23H2,1-2H3,(H,24,26). The Hall–Kier alpha value is -2.77. The second-order valence-corrected chi connectivity index (χ2v) is 6.91. The number of methoxy groups -OCH3 is 2. The highest BCUT2D eigenvalue weighted by Gasteiger charge is 2.16. The average molecular weight is 399 g/mol. The molecular formula is C22H29N3O4. The van der Waals surface area contributed by atoms with E-state index in [2.05, 4.69) is 10.2 Å². The summed E-state index contributed by atoms with van der Waals surface area (Å²) in [6.45, 7) is 3.97. The number of ether oxygens (including phenoxy) is 3. The Labute approximate surface area is 171 Å². The second-order valence-electron chi connectivity index (χ2n) is 6.91. The molecule has 0 aliphatic carbocycles. The summed E-state index contributed by atoms with van der Waals surface area (Å²) in [5, 5.41) is 2.98. The number of carbonyl (C=O) groups is 1. The largest absolute Gasteiger partial charge is 0.496 e. The van der Waals surface area contributed by atoms with Crippen molar-refractivity contribution in [1.82, 2.24) is 10.2 Å². The maximum Gasteiger partial charge on any atom is 0.251 e. The van der Waals surface area contributed by atoms with E-state index in [0.717, 1.165) is 25.2 Å². The van der Waals surface area contributed by atoms with Crippen molar-refractivity contribution in [3.8, 4) is 23.0 Å². The van der Waals surface area contributed by atoms with E-state index >= 15 is 0 Å². The third kappa shape index (κ3) is 5.19. The fourth-order valence-electron chi connectivity index (χ4n) is 3.49. The van der Waals surface area contributed by atoms with Crippen LogP contribution in [0.25, 0.3) is 0 Å². The first kappa shape index (κ1) is 21.0. The number of carbonyl (C=O) groups excluding carboxylic acids is 1. The molecule has 1 amide bonds. The Bertz CT molecular complexity index is 835. The predicted octanol–water partition coefficient (Wildman–Crippen LogP) is 2.78. The zero-order chi connectivity index (χ0) is 20.6. The van der Waals surface area contributed by atoms with E-state index in [1.807, 2.05) is 18.2 Å². The van der Waals surface area contributed by atoms with Crippen molar-refractivity contribution in [2.45, 2.75) is 19.4 Å². The Kier molecular flexibility index (Phi) is 7.32. The molecule has 1 fully saturated rings. The quantitative estimate of drug-likeness (QED) is 0.674. The predicted molar refractivity (Wildman–Crippen MR) is 112 cm³/mol. The summed E-state index contributed by atoms with van der Waals surface area (Å²) in [7, 11) is 3.15. The van der Waals surface area contributed by atoms with Gasteiger partial charge < -0.3 is 30.2 Å².